The van der Waals surface area contributed by atoms with Crippen LogP contribution in [0.3, 0.4) is 0 Å². The van der Waals surface area contributed by atoms with Crippen molar-refractivity contribution in [3.8, 4) is 0 Å². The number of anilines is 3. The normalized spacial score (nSPS) is 13.4. The Kier molecular flexibility index (Phi) is 7.55. The van der Waals surface area contributed by atoms with Crippen LogP contribution in [0.4, 0.5) is 27.9 Å². The van der Waals surface area contributed by atoms with Gasteiger partial charge < -0.3 is 25.0 Å². The van der Waals surface area contributed by atoms with Gasteiger partial charge in [0.05, 0.1) is 17.8 Å². The molecule has 4 aromatic rings. The molecule has 12 nitrogen and oxygen atoms in total. The number of non-ortho nitro benzene ring substituents is 1. The maximum atomic E-state index is 12.7. The maximum absolute atomic E-state index is 12.7. The highest BCUT2D eigenvalue weighted by Crippen LogP contribution is 2.25. The van der Waals surface area contributed by atoms with E-state index in [9.17, 15) is 14.9 Å². The number of rotatable bonds is 8. The van der Waals surface area contributed by atoms with Crippen molar-refractivity contribution >= 4 is 51.9 Å². The summed E-state index contributed by atoms with van der Waals surface area (Å²) < 4.78 is 1.89. The lowest BCUT2D eigenvalue weighted by Gasteiger charge is -2.34. The largest absolute Gasteiger partial charge is 0.365 e. The highest BCUT2D eigenvalue weighted by atomic mass is 35.5. The number of amides is 2. The lowest BCUT2D eigenvalue weighted by molar-refractivity contribution is -0.384. The van der Waals surface area contributed by atoms with E-state index in [2.05, 4.69) is 22.2 Å². The minimum Gasteiger partial charge on any atom is -0.365 e. The van der Waals surface area contributed by atoms with Gasteiger partial charge in [-0.3, -0.25) is 10.1 Å². The van der Waals surface area contributed by atoms with E-state index in [0.29, 0.717) is 72.9 Å². The summed E-state index contributed by atoms with van der Waals surface area (Å²) in [5.41, 5.74) is 2.84. The number of carbonyl (C=O) groups excluding carboxylic acids is 1. The first-order chi connectivity index (χ1) is 18.9. The summed E-state index contributed by atoms with van der Waals surface area (Å²) in [6.45, 7) is 6.80. The molecule has 5 rings (SSSR count). The average Bonchev–Trinajstić information content (AvgIpc) is 3.36. The molecule has 0 spiro atoms. The average molecular weight is 548 g/mol. The molecule has 2 amide bonds. The molecule has 13 heteroatoms. The SMILES string of the molecule is C=CCNc1nc(N2CCN(C(=O)Nc3ccc(Cl)cc3)CC2)nc2c1ncn2Cc1ccc([N+](=O)[O-])cc1. The minimum absolute atomic E-state index is 0.0377. The molecule has 0 radical (unpaired) electrons. The molecule has 3 heterocycles. The highest BCUT2D eigenvalue weighted by Gasteiger charge is 2.24. The standard InChI is InChI=1S/C26H26ClN9O3/c1-2-11-28-23-22-24(35(17-29-22)16-18-3-9-21(10-4-18)36(38)39)32-25(31-23)33-12-14-34(15-13-33)26(37)30-20-7-5-19(27)6-8-20/h2-10,17H,1,11-16H2,(H,30,37)(H,28,31,32). The number of imidazole rings is 1. The van der Waals surface area contributed by atoms with Crippen LogP contribution in [0.15, 0.2) is 67.5 Å². The van der Waals surface area contributed by atoms with Crippen molar-refractivity contribution in [2.75, 3.05) is 48.3 Å². The van der Waals surface area contributed by atoms with Crippen molar-refractivity contribution in [1.29, 1.82) is 0 Å². The maximum Gasteiger partial charge on any atom is 0.321 e. The van der Waals surface area contributed by atoms with Crippen molar-refractivity contribution in [2.24, 2.45) is 0 Å². The smallest absolute Gasteiger partial charge is 0.321 e. The summed E-state index contributed by atoms with van der Waals surface area (Å²) in [5, 5.41) is 17.7. The van der Waals surface area contributed by atoms with E-state index in [1.165, 1.54) is 12.1 Å². The number of carbonyl (C=O) groups is 1. The van der Waals surface area contributed by atoms with Gasteiger partial charge in [-0.05, 0) is 29.8 Å². The first-order valence-electron chi connectivity index (χ1n) is 12.3. The zero-order valence-corrected chi connectivity index (χ0v) is 21.7. The number of halogens is 1. The molecule has 200 valence electrons. The fraction of sp³-hybridized carbons (Fsp3) is 0.231. The quantitative estimate of drug-likeness (QED) is 0.188. The summed E-state index contributed by atoms with van der Waals surface area (Å²) in [7, 11) is 0. The molecule has 1 aliphatic heterocycles. The Morgan fingerprint density at radius 3 is 2.46 bits per heavy atom. The zero-order chi connectivity index (χ0) is 27.4. The van der Waals surface area contributed by atoms with Gasteiger partial charge in [0.25, 0.3) is 5.69 Å². The van der Waals surface area contributed by atoms with Gasteiger partial charge in [0.2, 0.25) is 5.95 Å². The Morgan fingerprint density at radius 1 is 1.08 bits per heavy atom. The topological polar surface area (TPSA) is 134 Å². The fourth-order valence-corrected chi connectivity index (χ4v) is 4.37. The van der Waals surface area contributed by atoms with Gasteiger partial charge >= 0.3 is 6.03 Å². The van der Waals surface area contributed by atoms with E-state index in [-0.39, 0.29) is 11.7 Å². The van der Waals surface area contributed by atoms with E-state index < -0.39 is 4.92 Å². The molecule has 1 fully saturated rings. The number of urea groups is 1. The molecular weight excluding hydrogens is 522 g/mol. The van der Waals surface area contributed by atoms with Crippen LogP contribution in [0.2, 0.25) is 5.02 Å². The molecular formula is C26H26ClN9O3. The number of fused-ring (bicyclic) bond motifs is 1. The monoisotopic (exact) mass is 547 g/mol. The number of nitro benzene ring substituents is 1. The Bertz CT molecular complexity index is 1500. The second-order valence-corrected chi connectivity index (χ2v) is 9.36. The number of piperazine rings is 1. The van der Waals surface area contributed by atoms with Crippen molar-refractivity contribution in [2.45, 2.75) is 6.54 Å². The Balaban J connectivity index is 1.34. The van der Waals surface area contributed by atoms with Gasteiger partial charge in [0.15, 0.2) is 17.0 Å². The minimum atomic E-state index is -0.422. The molecule has 0 bridgehead atoms. The van der Waals surface area contributed by atoms with E-state index >= 15 is 0 Å². The molecule has 1 aliphatic rings. The number of nitrogens with one attached hydrogen (secondary N) is 2. The van der Waals surface area contributed by atoms with Crippen LogP contribution in [0, 0.1) is 10.1 Å². The third-order valence-corrected chi connectivity index (χ3v) is 6.56. The third-order valence-electron chi connectivity index (χ3n) is 6.31. The Hall–Kier alpha value is -4.71. The van der Waals surface area contributed by atoms with Gasteiger partial charge in [0.1, 0.15) is 0 Å². The summed E-state index contributed by atoms with van der Waals surface area (Å²) in [5.74, 6) is 1.11. The second kappa shape index (κ2) is 11.4. The number of hydrogen-bond donors (Lipinski definition) is 2. The number of aromatic nitrogens is 4. The molecule has 0 aliphatic carbocycles. The van der Waals surface area contributed by atoms with E-state index in [4.69, 9.17) is 21.6 Å². The lowest BCUT2D eigenvalue weighted by Crippen LogP contribution is -2.50. The lowest BCUT2D eigenvalue weighted by atomic mass is 10.2. The number of hydrogen-bond acceptors (Lipinski definition) is 8. The summed E-state index contributed by atoms with van der Waals surface area (Å²) in [6, 6.07) is 13.2. The van der Waals surface area contributed by atoms with Gasteiger partial charge in [0, 0.05) is 55.6 Å². The van der Waals surface area contributed by atoms with Crippen LogP contribution >= 0.6 is 11.6 Å². The number of nitrogens with zero attached hydrogens (tertiary/aromatic N) is 7. The van der Waals surface area contributed by atoms with Gasteiger partial charge in [-0.15, -0.1) is 6.58 Å². The van der Waals surface area contributed by atoms with Crippen LogP contribution in [0.25, 0.3) is 11.2 Å². The molecule has 0 saturated carbocycles. The first kappa shape index (κ1) is 25.9. The van der Waals surface area contributed by atoms with Crippen LogP contribution in [0.5, 0.6) is 0 Å². The van der Waals surface area contributed by atoms with Gasteiger partial charge in [-0.25, -0.2) is 9.78 Å². The molecule has 2 N–H and O–H groups in total. The van der Waals surface area contributed by atoms with Crippen molar-refractivity contribution < 1.29 is 9.72 Å². The van der Waals surface area contributed by atoms with Gasteiger partial charge in [-0.2, -0.15) is 9.97 Å². The molecule has 2 aromatic carbocycles. The predicted molar refractivity (Wildman–Crippen MR) is 150 cm³/mol. The highest BCUT2D eigenvalue weighted by molar-refractivity contribution is 6.30. The van der Waals surface area contributed by atoms with Crippen molar-refractivity contribution in [3.05, 3.63) is 88.2 Å². The second-order valence-electron chi connectivity index (χ2n) is 8.92. The molecule has 0 unspecified atom stereocenters. The van der Waals surface area contributed by atoms with E-state index in [0.717, 1.165) is 5.56 Å². The van der Waals surface area contributed by atoms with Crippen molar-refractivity contribution in [1.82, 2.24) is 24.4 Å². The summed E-state index contributed by atoms with van der Waals surface area (Å²) >= 11 is 5.93. The molecule has 1 saturated heterocycles. The molecule has 39 heavy (non-hydrogen) atoms. The fourth-order valence-electron chi connectivity index (χ4n) is 4.25. The Labute approximate surface area is 229 Å². The van der Waals surface area contributed by atoms with E-state index in [1.54, 1.807) is 53.7 Å². The van der Waals surface area contributed by atoms with E-state index in [1.807, 2.05) is 9.47 Å². The Morgan fingerprint density at radius 2 is 1.79 bits per heavy atom. The van der Waals surface area contributed by atoms with Crippen LogP contribution in [-0.4, -0.2) is 68.1 Å². The van der Waals surface area contributed by atoms with Crippen LogP contribution in [-0.2, 0) is 6.54 Å². The molecule has 0 atom stereocenters. The van der Waals surface area contributed by atoms with Crippen molar-refractivity contribution in [3.63, 3.8) is 0 Å². The first-order valence-corrected chi connectivity index (χ1v) is 12.7. The van der Waals surface area contributed by atoms with Gasteiger partial charge in [-0.1, -0.05) is 29.8 Å². The van der Waals surface area contributed by atoms with Crippen LogP contribution in [0.1, 0.15) is 5.56 Å². The number of benzene rings is 2. The number of nitro groups is 1. The zero-order valence-electron chi connectivity index (χ0n) is 21.0. The van der Waals surface area contributed by atoms with Crippen LogP contribution < -0.4 is 15.5 Å². The summed E-state index contributed by atoms with van der Waals surface area (Å²) in [6.07, 6.45) is 3.42. The summed E-state index contributed by atoms with van der Waals surface area (Å²) in [4.78, 5) is 41.2. The third kappa shape index (κ3) is 5.91. The predicted octanol–water partition coefficient (Wildman–Crippen LogP) is 4.39. The molecule has 2 aromatic heterocycles.